The molecule has 1 aromatic rings. The second-order valence-corrected chi connectivity index (χ2v) is 3.21. The molecule has 0 fully saturated rings. The summed E-state index contributed by atoms with van der Waals surface area (Å²) < 4.78 is 0. The van der Waals surface area contributed by atoms with Crippen LogP contribution >= 0.6 is 0 Å². The van der Waals surface area contributed by atoms with Crippen LogP contribution in [-0.2, 0) is 9.59 Å². The summed E-state index contributed by atoms with van der Waals surface area (Å²) in [6, 6.07) is 3.26. The number of nitrogens with one attached hydrogen (secondary N) is 1. The number of hydrogen-bond acceptors (Lipinski definition) is 3. The minimum atomic E-state index is -0.578. The van der Waals surface area contributed by atoms with Gasteiger partial charge in [-0.3, -0.25) is 14.6 Å². The summed E-state index contributed by atoms with van der Waals surface area (Å²) in [6.07, 6.45) is 3.10. The van der Waals surface area contributed by atoms with Gasteiger partial charge in [0, 0.05) is 24.0 Å². The minimum Gasteiger partial charge on any atom is -0.319 e. The molecule has 0 saturated heterocycles. The smallest absolute Gasteiger partial charge is 0.292 e. The molecule has 4 nitrogen and oxygen atoms in total. The van der Waals surface area contributed by atoms with Crippen molar-refractivity contribution in [1.29, 1.82) is 0 Å². The Balaban J connectivity index is 2.63. The zero-order valence-corrected chi connectivity index (χ0v) is 8.15. The number of carbonyl (C=O) groups is 2. The Kier molecular flexibility index (Phi) is 3.34. The van der Waals surface area contributed by atoms with E-state index in [0.29, 0.717) is 5.69 Å². The number of Topliss-reactive ketones (excluding diaryl/α,β-unsaturated/α-hetero) is 1. The van der Waals surface area contributed by atoms with Gasteiger partial charge in [0.1, 0.15) is 0 Å². The van der Waals surface area contributed by atoms with Gasteiger partial charge in [0.05, 0.1) is 0 Å². The predicted octanol–water partition coefficient (Wildman–Crippen LogP) is 1.25. The first-order valence-corrected chi connectivity index (χ1v) is 4.36. The molecule has 74 valence electrons. The molecule has 1 N–H and O–H groups in total. The average Bonchev–Trinajstić information content (AvgIpc) is 2.18. The Labute approximate surface area is 82.3 Å². The van der Waals surface area contributed by atoms with Crippen LogP contribution in [0.4, 0.5) is 5.69 Å². The van der Waals surface area contributed by atoms with E-state index in [2.05, 4.69) is 10.3 Å². The number of anilines is 1. The minimum absolute atomic E-state index is 0.281. The predicted molar refractivity (Wildman–Crippen MR) is 52.7 cm³/mol. The van der Waals surface area contributed by atoms with Gasteiger partial charge in [-0.05, 0) is 12.1 Å². The second kappa shape index (κ2) is 4.50. The third kappa shape index (κ3) is 2.65. The molecular formula is C10H12N2O2. The highest BCUT2D eigenvalue weighted by atomic mass is 16.2. The molecule has 1 aromatic heterocycles. The molecule has 0 spiro atoms. The number of nitrogens with zero attached hydrogens (tertiary/aromatic N) is 1. The van der Waals surface area contributed by atoms with E-state index in [1.807, 2.05) is 0 Å². The number of carbonyl (C=O) groups excluding carboxylic acids is 2. The van der Waals surface area contributed by atoms with Gasteiger partial charge >= 0.3 is 0 Å². The summed E-state index contributed by atoms with van der Waals surface area (Å²) in [6.45, 7) is 3.38. The summed E-state index contributed by atoms with van der Waals surface area (Å²) in [7, 11) is 0. The zero-order chi connectivity index (χ0) is 10.6. The highest BCUT2D eigenvalue weighted by molar-refractivity contribution is 6.41. The van der Waals surface area contributed by atoms with Crippen LogP contribution < -0.4 is 5.32 Å². The normalized spacial score (nSPS) is 9.93. The van der Waals surface area contributed by atoms with E-state index in [9.17, 15) is 9.59 Å². The zero-order valence-electron chi connectivity index (χ0n) is 8.15. The molecule has 1 heterocycles. The molecule has 0 unspecified atom stereocenters. The van der Waals surface area contributed by atoms with Gasteiger partial charge < -0.3 is 5.32 Å². The van der Waals surface area contributed by atoms with E-state index >= 15 is 0 Å². The first kappa shape index (κ1) is 10.4. The van der Waals surface area contributed by atoms with Crippen molar-refractivity contribution in [2.24, 2.45) is 5.92 Å². The summed E-state index contributed by atoms with van der Waals surface area (Å²) in [5, 5.41) is 2.49. The van der Waals surface area contributed by atoms with Gasteiger partial charge in [-0.15, -0.1) is 0 Å². The van der Waals surface area contributed by atoms with Crippen LogP contribution in [0.5, 0.6) is 0 Å². The van der Waals surface area contributed by atoms with E-state index in [1.165, 1.54) is 0 Å². The van der Waals surface area contributed by atoms with Crippen molar-refractivity contribution in [3.63, 3.8) is 0 Å². The Bertz CT molecular complexity index is 333. The summed E-state index contributed by atoms with van der Waals surface area (Å²) >= 11 is 0. The van der Waals surface area contributed by atoms with Gasteiger partial charge in [-0.2, -0.15) is 0 Å². The van der Waals surface area contributed by atoms with Crippen LogP contribution in [0.25, 0.3) is 0 Å². The molecule has 0 bridgehead atoms. The molecular weight excluding hydrogens is 180 g/mol. The Hall–Kier alpha value is -1.71. The largest absolute Gasteiger partial charge is 0.319 e. The van der Waals surface area contributed by atoms with Crippen molar-refractivity contribution in [2.45, 2.75) is 13.8 Å². The lowest BCUT2D eigenvalue weighted by Crippen LogP contribution is -2.26. The summed E-state index contributed by atoms with van der Waals surface area (Å²) in [5.74, 6) is -1.27. The molecule has 0 aliphatic carbocycles. The molecule has 0 aliphatic heterocycles. The average molecular weight is 192 g/mol. The highest BCUT2D eigenvalue weighted by Gasteiger charge is 2.16. The van der Waals surface area contributed by atoms with Crippen LogP contribution in [0, 0.1) is 5.92 Å². The third-order valence-corrected chi connectivity index (χ3v) is 1.69. The third-order valence-electron chi connectivity index (χ3n) is 1.69. The molecule has 0 radical (unpaired) electrons. The standard InChI is InChI=1S/C10H12N2O2/c1-7(2)9(13)10(14)12-8-3-5-11-6-4-8/h3-7H,1-2H3,(H,11,12,14). The maximum absolute atomic E-state index is 11.3. The monoisotopic (exact) mass is 192 g/mol. The molecule has 14 heavy (non-hydrogen) atoms. The van der Waals surface area contributed by atoms with E-state index in [4.69, 9.17) is 0 Å². The van der Waals surface area contributed by atoms with E-state index in [0.717, 1.165) is 0 Å². The van der Waals surface area contributed by atoms with Crippen molar-refractivity contribution < 1.29 is 9.59 Å². The highest BCUT2D eigenvalue weighted by Crippen LogP contribution is 2.04. The van der Waals surface area contributed by atoms with Gasteiger partial charge in [-0.1, -0.05) is 13.8 Å². The van der Waals surface area contributed by atoms with Crippen molar-refractivity contribution in [1.82, 2.24) is 4.98 Å². The summed E-state index contributed by atoms with van der Waals surface area (Å²) in [4.78, 5) is 26.3. The van der Waals surface area contributed by atoms with Crippen molar-refractivity contribution in [2.75, 3.05) is 5.32 Å². The Morgan fingerprint density at radius 3 is 2.36 bits per heavy atom. The number of aromatic nitrogens is 1. The quantitative estimate of drug-likeness (QED) is 0.733. The molecule has 1 rings (SSSR count). The molecule has 1 amide bonds. The fourth-order valence-electron chi connectivity index (χ4n) is 0.890. The van der Waals surface area contributed by atoms with Crippen molar-refractivity contribution >= 4 is 17.4 Å². The fourth-order valence-corrected chi connectivity index (χ4v) is 0.890. The van der Waals surface area contributed by atoms with Gasteiger partial charge in [0.15, 0.2) is 0 Å². The van der Waals surface area contributed by atoms with Crippen molar-refractivity contribution in [3.8, 4) is 0 Å². The number of rotatable bonds is 3. The lowest BCUT2D eigenvalue weighted by molar-refractivity contribution is -0.136. The van der Waals surface area contributed by atoms with Gasteiger partial charge in [0.25, 0.3) is 5.91 Å². The molecule has 0 aliphatic rings. The van der Waals surface area contributed by atoms with E-state index in [1.54, 1.807) is 38.4 Å². The fraction of sp³-hybridized carbons (Fsp3) is 0.300. The Morgan fingerprint density at radius 2 is 1.86 bits per heavy atom. The van der Waals surface area contributed by atoms with Crippen LogP contribution in [-0.4, -0.2) is 16.7 Å². The van der Waals surface area contributed by atoms with Crippen LogP contribution in [0.1, 0.15) is 13.8 Å². The van der Waals surface area contributed by atoms with Gasteiger partial charge in [-0.25, -0.2) is 0 Å². The first-order chi connectivity index (χ1) is 6.61. The SMILES string of the molecule is CC(C)C(=O)C(=O)Nc1ccncc1. The van der Waals surface area contributed by atoms with Crippen molar-refractivity contribution in [3.05, 3.63) is 24.5 Å². The first-order valence-electron chi connectivity index (χ1n) is 4.36. The Morgan fingerprint density at radius 1 is 1.29 bits per heavy atom. The number of ketones is 1. The number of hydrogen-bond donors (Lipinski definition) is 1. The molecule has 0 aromatic carbocycles. The topological polar surface area (TPSA) is 59.1 Å². The maximum Gasteiger partial charge on any atom is 0.292 e. The number of pyridine rings is 1. The lowest BCUT2D eigenvalue weighted by atomic mass is 10.1. The lowest BCUT2D eigenvalue weighted by Gasteiger charge is -2.05. The maximum atomic E-state index is 11.3. The molecule has 4 heteroatoms. The van der Waals surface area contributed by atoms with E-state index in [-0.39, 0.29) is 5.92 Å². The van der Waals surface area contributed by atoms with Gasteiger partial charge in [0.2, 0.25) is 5.78 Å². The van der Waals surface area contributed by atoms with Crippen LogP contribution in [0.3, 0.4) is 0 Å². The second-order valence-electron chi connectivity index (χ2n) is 3.21. The summed E-state index contributed by atoms with van der Waals surface area (Å²) in [5.41, 5.74) is 0.582. The molecule has 0 atom stereocenters. The van der Waals surface area contributed by atoms with Crippen LogP contribution in [0.2, 0.25) is 0 Å². The number of amides is 1. The molecule has 0 saturated carbocycles. The van der Waals surface area contributed by atoms with Crippen LogP contribution in [0.15, 0.2) is 24.5 Å². The van der Waals surface area contributed by atoms with E-state index < -0.39 is 11.7 Å².